The quantitative estimate of drug-likeness (QED) is 0.146. The van der Waals surface area contributed by atoms with Gasteiger partial charge in [0, 0.05) is 17.2 Å². The summed E-state index contributed by atoms with van der Waals surface area (Å²) in [5.74, 6) is 0. The van der Waals surface area contributed by atoms with Crippen LogP contribution in [0.3, 0.4) is 0 Å². The van der Waals surface area contributed by atoms with Crippen molar-refractivity contribution in [2.75, 3.05) is 13.2 Å². The van der Waals surface area contributed by atoms with Crippen molar-refractivity contribution in [1.29, 1.82) is 0 Å². The maximum Gasteiger partial charge on any atom is 0.330 e. The molecule has 0 bridgehead atoms. The average Bonchev–Trinajstić information content (AvgIpc) is 2.99. The first-order chi connectivity index (χ1) is 14.3. The molecule has 0 radical (unpaired) electrons. The lowest BCUT2D eigenvalue weighted by Crippen LogP contribution is -2.58. The minimum absolute atomic E-state index is 0.435. The van der Waals surface area contributed by atoms with Crippen LogP contribution in [0.1, 0.15) is 6.23 Å². The van der Waals surface area contributed by atoms with E-state index in [0.29, 0.717) is 0 Å². The van der Waals surface area contributed by atoms with Gasteiger partial charge in [0.1, 0.15) is 36.6 Å². The van der Waals surface area contributed by atoms with Gasteiger partial charge in [-0.2, -0.15) is 0 Å². The third kappa shape index (κ3) is 4.24. The molecule has 2 aliphatic heterocycles. The van der Waals surface area contributed by atoms with Gasteiger partial charge in [0.05, 0.1) is 19.3 Å². The first kappa shape index (κ1) is 22.4. The Balaban J connectivity index is 1.72. The van der Waals surface area contributed by atoms with Gasteiger partial charge in [-0.3, -0.25) is 14.3 Å². The van der Waals surface area contributed by atoms with Crippen LogP contribution in [0.2, 0.25) is 0 Å². The summed E-state index contributed by atoms with van der Waals surface area (Å²) in [6.45, 7) is -1.09. The van der Waals surface area contributed by atoms with Crippen molar-refractivity contribution in [3.05, 3.63) is 43.5 Å². The highest BCUT2D eigenvalue weighted by Gasteiger charge is 2.47. The molecule has 1 aromatic rings. The number of nitrogens with one attached hydrogen (secondary N) is 1. The minimum Gasteiger partial charge on any atom is -0.394 e. The normalized spacial score (nSPS) is 38.9. The summed E-state index contributed by atoms with van der Waals surface area (Å²) in [4.78, 5) is 27.6. The first-order valence-corrected chi connectivity index (χ1v) is 8.89. The van der Waals surface area contributed by atoms with Crippen molar-refractivity contribution in [3.8, 4) is 0 Å². The van der Waals surface area contributed by atoms with Crippen LogP contribution < -0.4 is 11.2 Å². The maximum absolute atomic E-state index is 11.9. The molecule has 0 unspecified atom stereocenters. The number of H-pyrrole nitrogens is 1. The fourth-order valence-corrected chi connectivity index (χ4v) is 3.30. The highest BCUT2D eigenvalue weighted by Crippen LogP contribution is 2.30. The summed E-state index contributed by atoms with van der Waals surface area (Å²) >= 11 is 0. The number of nitrogens with zero attached hydrogens (tertiary/aromatic N) is 4. The van der Waals surface area contributed by atoms with Crippen molar-refractivity contribution in [2.24, 2.45) is 5.11 Å². The number of aliphatic hydroxyl groups excluding tert-OH is 5. The van der Waals surface area contributed by atoms with Crippen LogP contribution in [0.15, 0.2) is 27.0 Å². The summed E-state index contributed by atoms with van der Waals surface area (Å²) in [6.07, 6.45) is -10.2. The summed E-state index contributed by atoms with van der Waals surface area (Å²) in [5, 5.41) is 53.0. The van der Waals surface area contributed by atoms with E-state index in [0.717, 1.165) is 16.8 Å². The number of hydrogen-bond donors (Lipinski definition) is 6. The van der Waals surface area contributed by atoms with Gasteiger partial charge in [-0.05, 0) is 5.53 Å². The largest absolute Gasteiger partial charge is 0.394 e. The molecule has 3 heterocycles. The Kier molecular flexibility index (Phi) is 6.87. The molecule has 9 atom stereocenters. The van der Waals surface area contributed by atoms with Crippen LogP contribution in [0.4, 0.5) is 0 Å². The third-order valence-corrected chi connectivity index (χ3v) is 4.92. The predicted octanol–water partition coefficient (Wildman–Crippen LogP) is -3.71. The number of aliphatic hydroxyl groups is 5. The highest BCUT2D eigenvalue weighted by molar-refractivity contribution is 4.95. The molecule has 0 amide bonds. The van der Waals surface area contributed by atoms with Gasteiger partial charge in [0.15, 0.2) is 12.5 Å². The van der Waals surface area contributed by atoms with Gasteiger partial charge in [-0.15, -0.1) is 0 Å². The molecule has 2 fully saturated rings. The molecule has 15 heteroatoms. The van der Waals surface area contributed by atoms with E-state index in [-0.39, 0.29) is 0 Å². The van der Waals surface area contributed by atoms with E-state index >= 15 is 0 Å². The lowest BCUT2D eigenvalue weighted by molar-refractivity contribution is -0.272. The number of aromatic nitrogens is 2. The Morgan fingerprint density at radius 3 is 2.47 bits per heavy atom. The molecule has 0 saturated carbocycles. The second-order valence-corrected chi connectivity index (χ2v) is 6.80. The summed E-state index contributed by atoms with van der Waals surface area (Å²) < 4.78 is 17.1. The standard InChI is InChI=1S/C15H21N5O10/c16-19-18-8-11(25)9(23)5(3-21)30-14(8)28-4-6-10(24)12(26)13(29-6)20-2-1-7(22)17-15(20)27/h1-2,5-6,8-14,21,23-26H,3-4H2,(H,17,22,27)/t5-,6-,8+,9-,10-,11-,12-,13-,14-/m1/s1. The van der Waals surface area contributed by atoms with E-state index in [9.17, 15) is 35.1 Å². The van der Waals surface area contributed by atoms with Crippen LogP contribution in [0.25, 0.3) is 10.4 Å². The van der Waals surface area contributed by atoms with Crippen LogP contribution in [-0.4, -0.2) is 97.3 Å². The van der Waals surface area contributed by atoms with Gasteiger partial charge in [0.25, 0.3) is 5.56 Å². The third-order valence-electron chi connectivity index (χ3n) is 4.92. The van der Waals surface area contributed by atoms with Gasteiger partial charge in [-0.25, -0.2) is 4.79 Å². The lowest BCUT2D eigenvalue weighted by Gasteiger charge is -2.40. The molecule has 3 rings (SSSR count). The Hall–Kier alpha value is -2.33. The van der Waals surface area contributed by atoms with E-state index in [1.807, 2.05) is 4.98 Å². The van der Waals surface area contributed by atoms with Crippen molar-refractivity contribution < 1.29 is 39.7 Å². The Morgan fingerprint density at radius 1 is 1.13 bits per heavy atom. The van der Waals surface area contributed by atoms with Gasteiger partial charge >= 0.3 is 5.69 Å². The van der Waals surface area contributed by atoms with Crippen molar-refractivity contribution in [3.63, 3.8) is 0 Å². The molecule has 30 heavy (non-hydrogen) atoms. The van der Waals surface area contributed by atoms with E-state index in [2.05, 4.69) is 10.0 Å². The van der Waals surface area contributed by atoms with Gasteiger partial charge < -0.3 is 39.7 Å². The molecule has 0 spiro atoms. The molecule has 15 nitrogen and oxygen atoms in total. The van der Waals surface area contributed by atoms with Gasteiger partial charge in [0.2, 0.25) is 0 Å². The molecule has 0 aliphatic carbocycles. The predicted molar refractivity (Wildman–Crippen MR) is 93.9 cm³/mol. The zero-order valence-electron chi connectivity index (χ0n) is 15.3. The average molecular weight is 431 g/mol. The van der Waals surface area contributed by atoms with Crippen molar-refractivity contribution in [2.45, 2.75) is 55.2 Å². The topological polar surface area (TPSA) is 232 Å². The monoisotopic (exact) mass is 431 g/mol. The maximum atomic E-state index is 11.9. The number of ether oxygens (including phenoxy) is 3. The Bertz CT molecular complexity index is 900. The highest BCUT2D eigenvalue weighted by atomic mass is 16.7. The first-order valence-electron chi connectivity index (χ1n) is 8.89. The molecule has 1 aromatic heterocycles. The van der Waals surface area contributed by atoms with E-state index < -0.39 is 79.6 Å². The van der Waals surface area contributed by atoms with Gasteiger partial charge in [-0.1, -0.05) is 5.11 Å². The number of rotatable bonds is 6. The van der Waals surface area contributed by atoms with E-state index in [4.69, 9.17) is 19.7 Å². The van der Waals surface area contributed by atoms with E-state index in [1.54, 1.807) is 0 Å². The molecule has 2 saturated heterocycles. The smallest absolute Gasteiger partial charge is 0.330 e. The fraction of sp³-hybridized carbons (Fsp3) is 0.733. The SMILES string of the molecule is [N-]=[N+]=N[C@@H]1[C@H](OC[C@H]2O[C@@H](n3ccc(=O)[nH]c3=O)[C@H](O)[C@@H]2O)O[C@H](CO)[C@@H](O)[C@@H]1O. The Labute approximate surface area is 167 Å². The van der Waals surface area contributed by atoms with E-state index in [1.165, 1.54) is 0 Å². The Morgan fingerprint density at radius 2 is 1.83 bits per heavy atom. The molecule has 6 N–H and O–H groups in total. The second-order valence-electron chi connectivity index (χ2n) is 6.80. The summed E-state index contributed by atoms with van der Waals surface area (Å²) in [6, 6.07) is -0.329. The molecule has 0 aromatic carbocycles. The zero-order chi connectivity index (χ0) is 22.0. The molecular weight excluding hydrogens is 410 g/mol. The lowest BCUT2D eigenvalue weighted by atomic mass is 9.98. The van der Waals surface area contributed by atoms with Crippen molar-refractivity contribution >= 4 is 0 Å². The van der Waals surface area contributed by atoms with Crippen molar-refractivity contribution in [1.82, 2.24) is 9.55 Å². The minimum atomic E-state index is -1.59. The van der Waals surface area contributed by atoms with Crippen LogP contribution in [-0.2, 0) is 14.2 Å². The number of aromatic amines is 1. The summed E-state index contributed by atoms with van der Waals surface area (Å²) in [7, 11) is 0. The van der Waals surface area contributed by atoms with Crippen LogP contribution >= 0.6 is 0 Å². The van der Waals surface area contributed by atoms with Crippen LogP contribution in [0, 0.1) is 0 Å². The number of azide groups is 1. The fourth-order valence-electron chi connectivity index (χ4n) is 3.30. The number of hydrogen-bond acceptors (Lipinski definition) is 11. The zero-order valence-corrected chi connectivity index (χ0v) is 15.3. The van der Waals surface area contributed by atoms with Crippen LogP contribution in [0.5, 0.6) is 0 Å². The molecular formula is C15H21N5O10. The second kappa shape index (κ2) is 9.22. The molecule has 2 aliphatic rings. The molecule has 166 valence electrons. The summed E-state index contributed by atoms with van der Waals surface area (Å²) in [5.41, 5.74) is 7.17.